The second kappa shape index (κ2) is 13.0. The average Bonchev–Trinajstić information content (AvgIpc) is 3.75. The van der Waals surface area contributed by atoms with Crippen molar-refractivity contribution >= 4 is 40.7 Å². The number of likely N-dealkylation sites (tertiary alicyclic amines) is 1. The second-order valence-electron chi connectivity index (χ2n) is 13.3. The van der Waals surface area contributed by atoms with E-state index in [2.05, 4.69) is 19.9 Å². The van der Waals surface area contributed by atoms with E-state index in [1.54, 1.807) is 35.3 Å². The maximum absolute atomic E-state index is 14.1. The number of nitrogens with zero attached hydrogens (tertiary/aromatic N) is 5. The number of amides is 2. The van der Waals surface area contributed by atoms with Gasteiger partial charge < -0.3 is 20.1 Å². The molecule has 1 aliphatic carbocycles. The Labute approximate surface area is 273 Å². The Balaban J connectivity index is 1.26. The highest BCUT2D eigenvalue weighted by Crippen LogP contribution is 2.37. The molecule has 2 aromatic heterocycles. The summed E-state index contributed by atoms with van der Waals surface area (Å²) in [7, 11) is 0. The molecule has 6 rings (SSSR count). The smallest absolute Gasteiger partial charge is 0.410 e. The summed E-state index contributed by atoms with van der Waals surface area (Å²) in [5, 5.41) is 1.42. The molecule has 3 N–H and O–H groups in total. The summed E-state index contributed by atoms with van der Waals surface area (Å²) < 4.78 is 11.2. The molecule has 0 spiro atoms. The lowest BCUT2D eigenvalue weighted by Crippen LogP contribution is -2.78. The van der Waals surface area contributed by atoms with Crippen LogP contribution in [0.1, 0.15) is 92.2 Å². The number of carbonyl (C=O) groups excluding carboxylic acids is 2. The van der Waals surface area contributed by atoms with Crippen molar-refractivity contribution in [3.05, 3.63) is 75.2 Å². The van der Waals surface area contributed by atoms with Crippen LogP contribution >= 0.6 is 11.6 Å². The quantitative estimate of drug-likeness (QED) is 0.291. The van der Waals surface area contributed by atoms with Gasteiger partial charge in [-0.3, -0.25) is 9.69 Å². The average molecular weight is 647 g/mol. The van der Waals surface area contributed by atoms with E-state index in [1.165, 1.54) is 0 Å². The van der Waals surface area contributed by atoms with Crippen LogP contribution in [0.5, 0.6) is 0 Å². The number of halogens is 1. The molecule has 2 aliphatic heterocycles. The van der Waals surface area contributed by atoms with Gasteiger partial charge in [-0.1, -0.05) is 23.7 Å². The van der Waals surface area contributed by atoms with Gasteiger partial charge in [0.25, 0.3) is 5.91 Å². The van der Waals surface area contributed by atoms with E-state index in [0.29, 0.717) is 54.3 Å². The van der Waals surface area contributed by atoms with Gasteiger partial charge >= 0.3 is 6.09 Å². The van der Waals surface area contributed by atoms with Crippen LogP contribution in [0, 0.1) is 0 Å². The Morgan fingerprint density at radius 2 is 1.83 bits per heavy atom. The molecule has 3 aliphatic rings. The van der Waals surface area contributed by atoms with Crippen molar-refractivity contribution in [1.82, 2.24) is 24.8 Å². The van der Waals surface area contributed by atoms with E-state index in [0.717, 1.165) is 59.1 Å². The fourth-order valence-corrected chi connectivity index (χ4v) is 6.07. The summed E-state index contributed by atoms with van der Waals surface area (Å²) in [4.78, 5) is 47.2. The number of hydrogen-bond acceptors (Lipinski definition) is 8. The van der Waals surface area contributed by atoms with E-state index < -0.39 is 5.60 Å². The Hall–Kier alpha value is -4.09. The molecular formula is C34H41ClN7O4+. The Kier molecular flexibility index (Phi) is 8.98. The maximum Gasteiger partial charge on any atom is 0.410 e. The molecule has 242 valence electrons. The number of carbonyl (C=O) groups is 2. The summed E-state index contributed by atoms with van der Waals surface area (Å²) >= 11 is 6.50. The number of benzene rings is 1. The summed E-state index contributed by atoms with van der Waals surface area (Å²) in [5.41, 5.74) is 10.9. The molecule has 0 unspecified atom stereocenters. The van der Waals surface area contributed by atoms with Gasteiger partial charge in [-0.2, -0.15) is 0 Å². The second-order valence-corrected chi connectivity index (χ2v) is 13.7. The van der Waals surface area contributed by atoms with Crippen LogP contribution in [0.15, 0.2) is 42.0 Å². The molecule has 1 saturated carbocycles. The minimum Gasteiger partial charge on any atom is -0.444 e. The van der Waals surface area contributed by atoms with Crippen molar-refractivity contribution < 1.29 is 24.1 Å². The lowest BCUT2D eigenvalue weighted by Gasteiger charge is -2.30. The van der Waals surface area contributed by atoms with Crippen LogP contribution in [0.25, 0.3) is 10.9 Å². The number of piperidine rings is 1. The van der Waals surface area contributed by atoms with Gasteiger partial charge in [-0.15, -0.1) is 0 Å². The number of nitrogens with one attached hydrogen (secondary N) is 1. The van der Waals surface area contributed by atoms with Crippen LogP contribution in [0.2, 0.25) is 5.15 Å². The third-order valence-corrected chi connectivity index (χ3v) is 8.77. The predicted molar refractivity (Wildman–Crippen MR) is 174 cm³/mol. The van der Waals surface area contributed by atoms with Crippen molar-refractivity contribution in [2.75, 3.05) is 13.1 Å². The normalized spacial score (nSPS) is 17.7. The first-order chi connectivity index (χ1) is 22.0. The summed E-state index contributed by atoms with van der Waals surface area (Å²) in [5.74, 6) is 0.882. The van der Waals surface area contributed by atoms with Crippen LogP contribution in [0.3, 0.4) is 0 Å². The molecule has 4 heterocycles. The Morgan fingerprint density at radius 3 is 2.48 bits per heavy atom. The lowest BCUT2D eigenvalue weighted by molar-refractivity contribution is -0.503. The fourth-order valence-electron chi connectivity index (χ4n) is 5.81. The van der Waals surface area contributed by atoms with Crippen LogP contribution in [0.4, 0.5) is 4.79 Å². The fraction of sp³-hybridized carbons (Fsp3) is 0.471. The van der Waals surface area contributed by atoms with Gasteiger partial charge in [-0.05, 0) is 57.7 Å². The van der Waals surface area contributed by atoms with Crippen molar-refractivity contribution in [1.29, 1.82) is 0 Å². The van der Waals surface area contributed by atoms with Crippen molar-refractivity contribution in [2.24, 2.45) is 5.73 Å². The molecule has 11 nitrogen and oxygen atoms in total. The number of hydrogen-bond donors (Lipinski definition) is 2. The van der Waals surface area contributed by atoms with Gasteiger partial charge in [0.1, 0.15) is 22.3 Å². The molecule has 2 amide bonds. The summed E-state index contributed by atoms with van der Waals surface area (Å²) in [6.07, 6.45) is 8.31. The molecule has 3 aromatic rings. The first-order valence-electron chi connectivity index (χ1n) is 15.8. The maximum atomic E-state index is 14.1. The highest BCUT2D eigenvalue weighted by molar-refractivity contribution is 6.30. The number of pyridine rings is 1. The predicted octanol–water partition coefficient (Wildman–Crippen LogP) is 3.97. The number of nitrogens with two attached hydrogens (primary N) is 1. The van der Waals surface area contributed by atoms with Crippen LogP contribution < -0.4 is 10.7 Å². The summed E-state index contributed by atoms with van der Waals surface area (Å²) in [6, 6.07) is 6.04. The monoisotopic (exact) mass is 646 g/mol. The summed E-state index contributed by atoms with van der Waals surface area (Å²) in [6.45, 7) is 9.67. The van der Waals surface area contributed by atoms with Crippen LogP contribution in [-0.4, -0.2) is 67.7 Å². The van der Waals surface area contributed by atoms with Gasteiger partial charge in [0, 0.05) is 60.9 Å². The molecular weight excluding hydrogens is 606 g/mol. The van der Waals surface area contributed by atoms with E-state index >= 15 is 0 Å². The molecule has 46 heavy (non-hydrogen) atoms. The molecule has 1 saturated heterocycles. The molecule has 0 atom stereocenters. The molecule has 0 bridgehead atoms. The minimum atomic E-state index is -0.542. The van der Waals surface area contributed by atoms with Gasteiger partial charge in [-0.25, -0.2) is 24.7 Å². The van der Waals surface area contributed by atoms with Gasteiger partial charge in [0.2, 0.25) is 0 Å². The Morgan fingerprint density at radius 1 is 1.13 bits per heavy atom. The van der Waals surface area contributed by atoms with E-state index in [1.807, 2.05) is 39.0 Å². The topological polar surface area (TPSA) is 138 Å². The molecule has 1 aromatic carbocycles. The highest BCUT2D eigenvalue weighted by Gasteiger charge is 2.31. The first-order valence-corrected chi connectivity index (χ1v) is 16.2. The number of allylic oxidation sites excluding steroid dienone is 2. The van der Waals surface area contributed by atoms with Crippen molar-refractivity contribution in [3.8, 4) is 0 Å². The van der Waals surface area contributed by atoms with Crippen molar-refractivity contribution in [2.45, 2.75) is 90.7 Å². The van der Waals surface area contributed by atoms with E-state index in [4.69, 9.17) is 26.8 Å². The van der Waals surface area contributed by atoms with E-state index in [9.17, 15) is 9.59 Å². The zero-order chi connectivity index (χ0) is 32.6. The van der Waals surface area contributed by atoms with Crippen molar-refractivity contribution in [3.63, 3.8) is 0 Å². The lowest BCUT2D eigenvalue weighted by atomic mass is 10.0. The van der Waals surface area contributed by atoms with E-state index in [-0.39, 0.29) is 24.6 Å². The third kappa shape index (κ3) is 7.15. The Bertz CT molecular complexity index is 1700. The number of ether oxygens (including phenoxy) is 2. The SMILES string of the molecule is C/C(N)=C(/C=[NH+]C1CCN(C(=O)OC(C)(C)C)CC1)N(Cc1ccc2c3c(c(Cl)nc2c1)COC3)C(=O)c1cnc(C2CC2)nc1. The third-order valence-electron chi connectivity index (χ3n) is 8.46. The number of rotatable bonds is 7. The zero-order valence-electron chi connectivity index (χ0n) is 26.8. The zero-order valence-corrected chi connectivity index (χ0v) is 27.6. The van der Waals surface area contributed by atoms with Gasteiger partial charge in [0.05, 0.1) is 30.8 Å². The minimum absolute atomic E-state index is 0.0856. The standard InChI is InChI=1S/C34H40ClN7O4/c1-20(36)29(16-37-24-9-11-41(12-10-24)33(44)46-34(2,3)4)42(32(43)23-14-38-31(39-15-23)22-6-7-22)17-21-5-8-25-26-18-45-19-27(26)30(35)40-28(25)13-21/h5,8,13-16,22,24H,6-7,9-12,17-19,36H2,1-4H3/p+1/b29-20+,37-16?. The van der Waals surface area contributed by atoms with Crippen LogP contribution in [-0.2, 0) is 29.2 Å². The first kappa shape index (κ1) is 31.9. The largest absolute Gasteiger partial charge is 0.444 e. The number of aromatic nitrogens is 3. The molecule has 12 heteroatoms. The molecule has 2 fully saturated rings. The van der Waals surface area contributed by atoms with Gasteiger partial charge in [0.15, 0.2) is 12.3 Å². The highest BCUT2D eigenvalue weighted by atomic mass is 35.5. The molecule has 0 radical (unpaired) electrons. The number of fused-ring (bicyclic) bond motifs is 3.